The maximum Gasteiger partial charge on any atom is 0.130 e. The van der Waals surface area contributed by atoms with Crippen LogP contribution in [-0.2, 0) is 13.2 Å². The molecule has 0 fully saturated rings. The minimum atomic E-state index is -0.537. The Morgan fingerprint density at radius 2 is 1.85 bits per heavy atom. The number of benzene rings is 2. The van der Waals surface area contributed by atoms with Crippen molar-refractivity contribution in [2.45, 2.75) is 13.2 Å². The average molecular weight is 280 g/mol. The van der Waals surface area contributed by atoms with Gasteiger partial charge >= 0.3 is 0 Å². The standard InChI is InChI=1S/C15H14F2O3/c1-19-13-3-5-15(10(7-13)8-18)20-9-11-6-12(16)2-4-14(11)17/h2-7,18H,8-9H2,1H3. The minimum absolute atomic E-state index is 0.115. The molecule has 0 atom stereocenters. The van der Waals surface area contributed by atoms with Crippen LogP contribution in [0, 0.1) is 11.6 Å². The highest BCUT2D eigenvalue weighted by Gasteiger charge is 2.08. The number of methoxy groups -OCH3 is 1. The molecule has 0 aliphatic rings. The zero-order chi connectivity index (χ0) is 14.5. The quantitative estimate of drug-likeness (QED) is 0.915. The highest BCUT2D eigenvalue weighted by molar-refractivity contribution is 5.40. The number of hydrogen-bond donors (Lipinski definition) is 1. The van der Waals surface area contributed by atoms with Crippen LogP contribution < -0.4 is 9.47 Å². The van der Waals surface area contributed by atoms with Gasteiger partial charge in [0.25, 0.3) is 0 Å². The van der Waals surface area contributed by atoms with Gasteiger partial charge < -0.3 is 14.6 Å². The SMILES string of the molecule is COc1ccc(OCc2cc(F)ccc2F)c(CO)c1. The molecule has 3 nitrogen and oxygen atoms in total. The van der Waals surface area contributed by atoms with Crippen molar-refractivity contribution in [1.29, 1.82) is 0 Å². The molecule has 5 heteroatoms. The van der Waals surface area contributed by atoms with E-state index in [2.05, 4.69) is 0 Å². The van der Waals surface area contributed by atoms with Gasteiger partial charge in [-0.3, -0.25) is 0 Å². The van der Waals surface area contributed by atoms with Gasteiger partial charge in [-0.25, -0.2) is 8.78 Å². The Hall–Kier alpha value is -2.14. The van der Waals surface area contributed by atoms with Crippen molar-refractivity contribution in [3.05, 3.63) is 59.2 Å². The van der Waals surface area contributed by atoms with Crippen molar-refractivity contribution >= 4 is 0 Å². The van der Waals surface area contributed by atoms with Crippen molar-refractivity contribution in [3.63, 3.8) is 0 Å². The lowest BCUT2D eigenvalue weighted by Crippen LogP contribution is -2.02. The molecule has 106 valence electrons. The first kappa shape index (κ1) is 14.3. The molecule has 0 unspecified atom stereocenters. The summed E-state index contributed by atoms with van der Waals surface area (Å²) < 4.78 is 37.0. The van der Waals surface area contributed by atoms with Gasteiger partial charge in [0.1, 0.15) is 29.7 Å². The fraction of sp³-hybridized carbons (Fsp3) is 0.200. The molecule has 1 N–H and O–H groups in total. The molecule has 0 heterocycles. The van der Waals surface area contributed by atoms with Gasteiger partial charge in [0.15, 0.2) is 0 Å². The molecule has 0 bridgehead atoms. The summed E-state index contributed by atoms with van der Waals surface area (Å²) in [5.74, 6) is -0.0807. The first-order valence-electron chi connectivity index (χ1n) is 5.98. The van der Waals surface area contributed by atoms with Crippen molar-refractivity contribution in [2.24, 2.45) is 0 Å². The summed E-state index contributed by atoms with van der Waals surface area (Å²) in [6.07, 6.45) is 0. The summed E-state index contributed by atoms with van der Waals surface area (Å²) >= 11 is 0. The lowest BCUT2D eigenvalue weighted by molar-refractivity contribution is 0.256. The Labute approximate surface area is 115 Å². The number of ether oxygens (including phenoxy) is 2. The first-order chi connectivity index (χ1) is 9.63. The number of aliphatic hydroxyl groups is 1. The summed E-state index contributed by atoms with van der Waals surface area (Å²) in [7, 11) is 1.51. The predicted molar refractivity (Wildman–Crippen MR) is 69.6 cm³/mol. The van der Waals surface area contributed by atoms with E-state index in [1.807, 2.05) is 0 Å². The van der Waals surface area contributed by atoms with Crippen LogP contribution in [0.4, 0.5) is 8.78 Å². The lowest BCUT2D eigenvalue weighted by Gasteiger charge is -2.12. The van der Waals surface area contributed by atoms with Gasteiger partial charge in [-0.1, -0.05) is 0 Å². The predicted octanol–water partition coefficient (Wildman–Crippen LogP) is 3.04. The second kappa shape index (κ2) is 6.34. The Bertz CT molecular complexity index is 600. The molecule has 2 rings (SSSR count). The molecule has 2 aromatic rings. The molecule has 0 radical (unpaired) electrons. The van der Waals surface area contributed by atoms with E-state index >= 15 is 0 Å². The van der Waals surface area contributed by atoms with Gasteiger partial charge in [-0.05, 0) is 36.4 Å². The second-order valence-corrected chi connectivity index (χ2v) is 4.16. The Morgan fingerprint density at radius 3 is 2.55 bits per heavy atom. The maximum absolute atomic E-state index is 13.5. The highest BCUT2D eigenvalue weighted by Crippen LogP contribution is 2.25. The third kappa shape index (κ3) is 3.24. The molecule has 0 spiro atoms. The molecule has 0 aliphatic heterocycles. The van der Waals surface area contributed by atoms with Gasteiger partial charge in [0, 0.05) is 11.1 Å². The molecular formula is C15H14F2O3. The van der Waals surface area contributed by atoms with Gasteiger partial charge in [-0.2, -0.15) is 0 Å². The molecule has 2 aromatic carbocycles. The highest BCUT2D eigenvalue weighted by atomic mass is 19.1. The minimum Gasteiger partial charge on any atom is -0.497 e. The number of rotatable bonds is 5. The van der Waals surface area contributed by atoms with E-state index in [1.54, 1.807) is 18.2 Å². The Balaban J connectivity index is 2.16. The largest absolute Gasteiger partial charge is 0.497 e. The third-order valence-electron chi connectivity index (χ3n) is 2.83. The molecule has 0 saturated heterocycles. The zero-order valence-corrected chi connectivity index (χ0v) is 10.9. The first-order valence-corrected chi connectivity index (χ1v) is 5.98. The normalized spacial score (nSPS) is 10.4. The van der Waals surface area contributed by atoms with Crippen LogP contribution >= 0.6 is 0 Å². The van der Waals surface area contributed by atoms with Crippen LogP contribution in [0.25, 0.3) is 0 Å². The van der Waals surface area contributed by atoms with Gasteiger partial charge in [-0.15, -0.1) is 0 Å². The number of hydrogen-bond acceptors (Lipinski definition) is 3. The molecule has 0 saturated carbocycles. The monoisotopic (exact) mass is 280 g/mol. The summed E-state index contributed by atoms with van der Waals surface area (Å²) in [4.78, 5) is 0. The van der Waals surface area contributed by atoms with E-state index in [1.165, 1.54) is 7.11 Å². The molecule has 0 aromatic heterocycles. The van der Waals surface area contributed by atoms with E-state index in [0.29, 0.717) is 17.1 Å². The molecular weight excluding hydrogens is 266 g/mol. The second-order valence-electron chi connectivity index (χ2n) is 4.16. The van der Waals surface area contributed by atoms with E-state index in [0.717, 1.165) is 18.2 Å². The fourth-order valence-corrected chi connectivity index (χ4v) is 1.76. The van der Waals surface area contributed by atoms with Crippen molar-refractivity contribution in [1.82, 2.24) is 0 Å². The smallest absolute Gasteiger partial charge is 0.130 e. The van der Waals surface area contributed by atoms with Crippen LogP contribution in [0.1, 0.15) is 11.1 Å². The third-order valence-corrected chi connectivity index (χ3v) is 2.83. The van der Waals surface area contributed by atoms with E-state index in [4.69, 9.17) is 9.47 Å². The molecule has 0 aliphatic carbocycles. The van der Waals surface area contributed by atoms with E-state index < -0.39 is 11.6 Å². The van der Waals surface area contributed by atoms with Gasteiger partial charge in [0.2, 0.25) is 0 Å². The van der Waals surface area contributed by atoms with Crippen LogP contribution in [0.5, 0.6) is 11.5 Å². The summed E-state index contributed by atoms with van der Waals surface area (Å²) in [6.45, 7) is -0.360. The zero-order valence-electron chi connectivity index (χ0n) is 10.9. The Kier molecular flexibility index (Phi) is 4.53. The van der Waals surface area contributed by atoms with Crippen LogP contribution in [0.3, 0.4) is 0 Å². The van der Waals surface area contributed by atoms with Crippen LogP contribution in [0.2, 0.25) is 0 Å². The van der Waals surface area contributed by atoms with Crippen LogP contribution in [0.15, 0.2) is 36.4 Å². The van der Waals surface area contributed by atoms with Gasteiger partial charge in [0.05, 0.1) is 13.7 Å². The topological polar surface area (TPSA) is 38.7 Å². The maximum atomic E-state index is 13.5. The van der Waals surface area contributed by atoms with Crippen molar-refractivity contribution < 1.29 is 23.4 Å². The van der Waals surface area contributed by atoms with Crippen molar-refractivity contribution in [3.8, 4) is 11.5 Å². The van der Waals surface area contributed by atoms with Crippen LogP contribution in [-0.4, -0.2) is 12.2 Å². The average Bonchev–Trinajstić information content (AvgIpc) is 2.48. The van der Waals surface area contributed by atoms with E-state index in [-0.39, 0.29) is 18.8 Å². The summed E-state index contributed by atoms with van der Waals surface area (Å²) in [6, 6.07) is 8.08. The lowest BCUT2D eigenvalue weighted by atomic mass is 10.2. The fourth-order valence-electron chi connectivity index (χ4n) is 1.76. The molecule has 0 amide bonds. The Morgan fingerprint density at radius 1 is 1.05 bits per heavy atom. The number of aliphatic hydroxyl groups excluding tert-OH is 1. The number of halogens is 2. The van der Waals surface area contributed by atoms with Crippen molar-refractivity contribution in [2.75, 3.05) is 7.11 Å². The summed E-state index contributed by atoms with van der Waals surface area (Å²) in [5.41, 5.74) is 0.630. The molecule has 20 heavy (non-hydrogen) atoms. The summed E-state index contributed by atoms with van der Waals surface area (Å²) in [5, 5.41) is 9.26. The van der Waals surface area contributed by atoms with E-state index in [9.17, 15) is 13.9 Å².